The standard InChI is InChI=1S/C16H26N2O6/c1-5-12(19)23-6-7-24-14(22)17-11-8-15(2,3)10-16(4,9-11)18-13(20)21/h5,11,18H,1,6-10H2,2-4H3,(H,17,22)(H,20,21). The molecule has 0 aromatic rings. The Kier molecular flexibility index (Phi) is 6.62. The average Bonchev–Trinajstić information content (AvgIpc) is 2.39. The quantitative estimate of drug-likeness (QED) is 0.387. The summed E-state index contributed by atoms with van der Waals surface area (Å²) in [6.07, 6.45) is 1.19. The van der Waals surface area contributed by atoms with Crippen LogP contribution in [0.25, 0.3) is 0 Å². The number of carbonyl (C=O) groups excluding carboxylic acids is 2. The Hall–Kier alpha value is -2.25. The summed E-state index contributed by atoms with van der Waals surface area (Å²) in [5.74, 6) is -0.580. The van der Waals surface area contributed by atoms with Crippen molar-refractivity contribution in [2.75, 3.05) is 13.2 Å². The number of rotatable bonds is 6. The van der Waals surface area contributed by atoms with Crippen LogP contribution < -0.4 is 10.6 Å². The van der Waals surface area contributed by atoms with Crippen molar-refractivity contribution in [3.63, 3.8) is 0 Å². The molecule has 0 aromatic carbocycles. The molecule has 0 spiro atoms. The Morgan fingerprint density at radius 3 is 2.42 bits per heavy atom. The van der Waals surface area contributed by atoms with Crippen molar-refractivity contribution in [3.05, 3.63) is 12.7 Å². The Morgan fingerprint density at radius 1 is 1.21 bits per heavy atom. The minimum Gasteiger partial charge on any atom is -0.465 e. The highest BCUT2D eigenvalue weighted by Gasteiger charge is 2.42. The van der Waals surface area contributed by atoms with Crippen LogP contribution in [0.15, 0.2) is 12.7 Å². The van der Waals surface area contributed by atoms with Gasteiger partial charge in [-0.25, -0.2) is 14.4 Å². The van der Waals surface area contributed by atoms with Crippen molar-refractivity contribution in [1.82, 2.24) is 10.6 Å². The highest BCUT2D eigenvalue weighted by Crippen LogP contribution is 2.41. The van der Waals surface area contributed by atoms with Gasteiger partial charge >= 0.3 is 18.2 Å². The molecule has 24 heavy (non-hydrogen) atoms. The first kappa shape index (κ1) is 19.8. The van der Waals surface area contributed by atoms with Crippen LogP contribution in [-0.2, 0) is 14.3 Å². The van der Waals surface area contributed by atoms with Crippen molar-refractivity contribution in [1.29, 1.82) is 0 Å². The average molecular weight is 342 g/mol. The first-order valence-electron chi connectivity index (χ1n) is 7.79. The maximum Gasteiger partial charge on any atom is 0.407 e. The molecule has 2 amide bonds. The molecular weight excluding hydrogens is 316 g/mol. The minimum atomic E-state index is -1.08. The lowest BCUT2D eigenvalue weighted by atomic mass is 9.67. The molecule has 1 aliphatic rings. The highest BCUT2D eigenvalue weighted by atomic mass is 16.6. The van der Waals surface area contributed by atoms with E-state index < -0.39 is 23.7 Å². The summed E-state index contributed by atoms with van der Waals surface area (Å²) in [7, 11) is 0. The summed E-state index contributed by atoms with van der Waals surface area (Å²) in [6, 6.07) is -0.214. The van der Waals surface area contributed by atoms with E-state index in [-0.39, 0.29) is 24.7 Å². The second-order valence-corrected chi connectivity index (χ2v) is 7.09. The molecular formula is C16H26N2O6. The van der Waals surface area contributed by atoms with Gasteiger partial charge in [0.25, 0.3) is 0 Å². The van der Waals surface area contributed by atoms with Crippen LogP contribution >= 0.6 is 0 Å². The molecule has 136 valence electrons. The van der Waals surface area contributed by atoms with Crippen molar-refractivity contribution in [2.45, 2.75) is 51.6 Å². The van der Waals surface area contributed by atoms with Gasteiger partial charge in [0.1, 0.15) is 13.2 Å². The molecule has 1 fully saturated rings. The van der Waals surface area contributed by atoms with Crippen molar-refractivity contribution in [3.8, 4) is 0 Å². The number of amides is 2. The Morgan fingerprint density at radius 2 is 1.83 bits per heavy atom. The third kappa shape index (κ3) is 6.89. The van der Waals surface area contributed by atoms with Crippen molar-refractivity contribution in [2.24, 2.45) is 5.41 Å². The predicted molar refractivity (Wildman–Crippen MR) is 86.6 cm³/mol. The van der Waals surface area contributed by atoms with E-state index >= 15 is 0 Å². The third-order valence-corrected chi connectivity index (χ3v) is 3.82. The van der Waals surface area contributed by atoms with Crippen LogP contribution in [0.1, 0.15) is 40.0 Å². The fourth-order valence-electron chi connectivity index (χ4n) is 3.48. The van der Waals surface area contributed by atoms with Gasteiger partial charge in [0, 0.05) is 17.7 Å². The summed E-state index contributed by atoms with van der Waals surface area (Å²) in [6.45, 7) is 9.04. The van der Waals surface area contributed by atoms with Gasteiger partial charge in [-0.1, -0.05) is 20.4 Å². The summed E-state index contributed by atoms with van der Waals surface area (Å²) >= 11 is 0. The number of esters is 1. The molecule has 1 aliphatic carbocycles. The fourth-order valence-corrected chi connectivity index (χ4v) is 3.48. The van der Waals surface area contributed by atoms with Crippen LogP contribution in [0.3, 0.4) is 0 Å². The molecule has 0 bridgehead atoms. The van der Waals surface area contributed by atoms with Gasteiger partial charge in [-0.3, -0.25) is 0 Å². The number of carboxylic acid groups (broad SMARTS) is 1. The molecule has 3 N–H and O–H groups in total. The van der Waals surface area contributed by atoms with Gasteiger partial charge < -0.3 is 25.2 Å². The summed E-state index contributed by atoms with van der Waals surface area (Å²) < 4.78 is 9.66. The molecule has 1 saturated carbocycles. The smallest absolute Gasteiger partial charge is 0.407 e. The van der Waals surface area contributed by atoms with Gasteiger partial charge in [-0.2, -0.15) is 0 Å². The predicted octanol–water partition coefficient (Wildman–Crippen LogP) is 2.05. The number of carbonyl (C=O) groups is 3. The number of nitrogens with one attached hydrogen (secondary N) is 2. The topological polar surface area (TPSA) is 114 Å². The lowest BCUT2D eigenvalue weighted by Gasteiger charge is -2.46. The molecule has 0 aromatic heterocycles. The van der Waals surface area contributed by atoms with Gasteiger partial charge in [-0.15, -0.1) is 0 Å². The normalized spacial score (nSPS) is 25.2. The SMILES string of the molecule is C=CC(=O)OCCOC(=O)NC1CC(C)(C)CC(C)(NC(=O)O)C1. The molecule has 8 nitrogen and oxygen atoms in total. The largest absolute Gasteiger partial charge is 0.465 e. The number of hydrogen-bond acceptors (Lipinski definition) is 5. The van der Waals surface area contributed by atoms with Gasteiger partial charge in [0.15, 0.2) is 0 Å². The van der Waals surface area contributed by atoms with E-state index in [1.54, 1.807) is 0 Å². The van der Waals surface area contributed by atoms with Crippen LogP contribution in [-0.4, -0.2) is 48.1 Å². The third-order valence-electron chi connectivity index (χ3n) is 3.82. The molecule has 2 unspecified atom stereocenters. The maximum atomic E-state index is 11.8. The van der Waals surface area contributed by atoms with Crippen molar-refractivity contribution >= 4 is 18.2 Å². The Bertz CT molecular complexity index is 505. The Balaban J connectivity index is 2.50. The van der Waals surface area contributed by atoms with Gasteiger partial charge in [-0.05, 0) is 31.6 Å². The monoisotopic (exact) mass is 342 g/mol. The van der Waals surface area contributed by atoms with E-state index in [9.17, 15) is 14.4 Å². The Labute approximate surface area is 141 Å². The number of ether oxygens (including phenoxy) is 2. The van der Waals surface area contributed by atoms with Crippen LogP contribution in [0.4, 0.5) is 9.59 Å². The second-order valence-electron chi connectivity index (χ2n) is 7.09. The molecule has 0 aliphatic heterocycles. The molecule has 0 saturated heterocycles. The summed E-state index contributed by atoms with van der Waals surface area (Å²) in [5.41, 5.74) is -0.752. The van der Waals surface area contributed by atoms with E-state index in [0.717, 1.165) is 6.08 Å². The van der Waals surface area contributed by atoms with E-state index in [2.05, 4.69) is 17.2 Å². The molecule has 0 radical (unpaired) electrons. The first-order chi connectivity index (χ1) is 11.1. The number of hydrogen-bond donors (Lipinski definition) is 3. The van der Waals surface area contributed by atoms with Crippen molar-refractivity contribution < 1.29 is 29.0 Å². The van der Waals surface area contributed by atoms with E-state index in [0.29, 0.717) is 19.3 Å². The van der Waals surface area contributed by atoms with Gasteiger partial charge in [0.05, 0.1) is 0 Å². The van der Waals surface area contributed by atoms with Crippen LogP contribution in [0.5, 0.6) is 0 Å². The fraction of sp³-hybridized carbons (Fsp3) is 0.688. The maximum absolute atomic E-state index is 11.8. The second kappa shape index (κ2) is 8.03. The lowest BCUT2D eigenvalue weighted by molar-refractivity contribution is -0.138. The molecule has 0 heterocycles. The zero-order chi connectivity index (χ0) is 18.4. The summed E-state index contributed by atoms with van der Waals surface area (Å²) in [5, 5.41) is 14.3. The molecule has 8 heteroatoms. The summed E-state index contributed by atoms with van der Waals surface area (Å²) in [4.78, 5) is 33.7. The lowest BCUT2D eigenvalue weighted by Crippen LogP contribution is -2.57. The van der Waals surface area contributed by atoms with E-state index in [1.165, 1.54) is 0 Å². The molecule has 1 rings (SSSR count). The van der Waals surface area contributed by atoms with Gasteiger partial charge in [0.2, 0.25) is 0 Å². The molecule has 2 atom stereocenters. The minimum absolute atomic E-state index is 0.0489. The van der Waals surface area contributed by atoms with Crippen LogP contribution in [0, 0.1) is 5.41 Å². The van der Waals surface area contributed by atoms with Crippen LogP contribution in [0.2, 0.25) is 0 Å². The zero-order valence-electron chi connectivity index (χ0n) is 14.4. The van der Waals surface area contributed by atoms with E-state index in [4.69, 9.17) is 14.6 Å². The van der Waals surface area contributed by atoms with E-state index in [1.807, 2.05) is 20.8 Å². The first-order valence-corrected chi connectivity index (χ1v) is 7.79. The zero-order valence-corrected chi connectivity index (χ0v) is 14.4. The number of alkyl carbamates (subject to hydrolysis) is 1. The highest BCUT2D eigenvalue weighted by molar-refractivity contribution is 5.81.